The number of hydrogen-bond acceptors (Lipinski definition) is 4. The number of carbonyl (C=O) groups is 1. The van der Waals surface area contributed by atoms with E-state index in [9.17, 15) is 9.18 Å². The van der Waals surface area contributed by atoms with Gasteiger partial charge in [-0.3, -0.25) is 9.18 Å². The molecule has 2 rings (SSSR count). The molecule has 0 atom stereocenters. The van der Waals surface area contributed by atoms with Crippen molar-refractivity contribution >= 4 is 40.1 Å². The molecule has 0 saturated heterocycles. The Hall–Kier alpha value is -1.46. The molecule has 0 heterocycles. The first-order valence-corrected chi connectivity index (χ1v) is 9.46. The van der Waals surface area contributed by atoms with E-state index < -0.39 is 0 Å². The first-order valence-electron chi connectivity index (χ1n) is 7.25. The van der Waals surface area contributed by atoms with Gasteiger partial charge in [-0.25, -0.2) is 0 Å². The molecule has 5 heteroatoms. The number of thioether (sulfide) groups is 2. The third-order valence-electron chi connectivity index (χ3n) is 3.30. The first-order chi connectivity index (χ1) is 11.2. The summed E-state index contributed by atoms with van der Waals surface area (Å²) in [6, 6.07) is 13.6. The minimum absolute atomic E-state index is 0.0780. The molecule has 0 saturated carbocycles. The van der Waals surface area contributed by atoms with E-state index in [-0.39, 0.29) is 12.5 Å². The molecule has 0 fully saturated rings. The molecule has 0 unspecified atom stereocenters. The predicted octanol–water partition coefficient (Wildman–Crippen LogP) is 5.29. The highest BCUT2D eigenvalue weighted by atomic mass is 32.2. The second-order valence-electron chi connectivity index (χ2n) is 4.81. The van der Waals surface area contributed by atoms with E-state index in [0.29, 0.717) is 27.7 Å². The number of alkyl halides is 1. The van der Waals surface area contributed by atoms with E-state index in [1.807, 2.05) is 48.7 Å². The maximum atomic E-state index is 12.9. The number of hydrogen-bond donors (Lipinski definition) is 0. The van der Waals surface area contributed by atoms with E-state index >= 15 is 0 Å². The van der Waals surface area contributed by atoms with Crippen molar-refractivity contribution < 1.29 is 13.9 Å². The number of rotatable bonds is 8. The second kappa shape index (κ2) is 8.99. The van der Waals surface area contributed by atoms with Gasteiger partial charge in [0.25, 0.3) is 0 Å². The molecule has 23 heavy (non-hydrogen) atoms. The van der Waals surface area contributed by atoms with Crippen LogP contribution in [0, 0.1) is 0 Å². The fourth-order valence-corrected chi connectivity index (χ4v) is 3.96. The molecule has 0 amide bonds. The van der Waals surface area contributed by atoms with Crippen LogP contribution in [0.4, 0.5) is 4.39 Å². The average molecular weight is 350 g/mol. The van der Waals surface area contributed by atoms with Gasteiger partial charge >= 0.3 is 0 Å². The number of allylic oxidation sites excluding steroid dienone is 1. The lowest BCUT2D eigenvalue weighted by molar-refractivity contribution is 0.103. The number of fused-ring (bicyclic) bond motifs is 1. The Morgan fingerprint density at radius 2 is 1.91 bits per heavy atom. The molecular formula is C18H19FO2S2. The zero-order valence-electron chi connectivity index (χ0n) is 13.2. The van der Waals surface area contributed by atoms with Crippen LogP contribution in [0.3, 0.4) is 0 Å². The number of Topliss-reactive ketones (excluding diaryl/α,β-unsaturated/α-hetero) is 1. The summed E-state index contributed by atoms with van der Waals surface area (Å²) in [5.41, 5.74) is 0.620. The van der Waals surface area contributed by atoms with Crippen molar-refractivity contribution in [3.05, 3.63) is 58.0 Å². The smallest absolute Gasteiger partial charge is 0.203 e. The first kappa shape index (κ1) is 17.9. The van der Waals surface area contributed by atoms with Crippen LogP contribution in [0.15, 0.2) is 52.5 Å². The number of methoxy groups -OCH3 is 1. The molecule has 2 aromatic carbocycles. The van der Waals surface area contributed by atoms with Gasteiger partial charge in [0.05, 0.1) is 13.8 Å². The van der Waals surface area contributed by atoms with Crippen LogP contribution in [0.1, 0.15) is 16.8 Å². The Balaban J connectivity index is 2.36. The summed E-state index contributed by atoms with van der Waals surface area (Å²) in [6.07, 6.45) is 2.28. The second-order valence-corrected chi connectivity index (χ2v) is 6.69. The van der Waals surface area contributed by atoms with Crippen molar-refractivity contribution in [1.82, 2.24) is 0 Å². The molecule has 0 radical (unpaired) electrons. The number of benzene rings is 2. The number of carbonyl (C=O) groups excluding carboxylic acids is 1. The standard InChI is InChI=1S/C18H19FO2S2/c1-21-18(22-2)17(23-11-5-10-19)16(20)15-9-8-13-6-3-4-7-14(13)12-15/h3-4,6-9,12H,5,10-11H2,1-2H3/b18-17+. The largest absolute Gasteiger partial charge is 0.489 e. The van der Waals surface area contributed by atoms with E-state index in [1.54, 1.807) is 7.11 Å². The minimum atomic E-state index is -0.383. The van der Waals surface area contributed by atoms with E-state index in [2.05, 4.69) is 0 Å². The van der Waals surface area contributed by atoms with Crippen molar-refractivity contribution in [3.8, 4) is 0 Å². The maximum Gasteiger partial charge on any atom is 0.203 e. The molecule has 0 aromatic heterocycles. The fraction of sp³-hybridized carbons (Fsp3) is 0.278. The van der Waals surface area contributed by atoms with Gasteiger partial charge in [0.15, 0.2) is 5.09 Å². The topological polar surface area (TPSA) is 26.3 Å². The van der Waals surface area contributed by atoms with Crippen LogP contribution in [0.2, 0.25) is 0 Å². The van der Waals surface area contributed by atoms with Gasteiger partial charge in [0.2, 0.25) is 5.78 Å². The molecule has 0 aliphatic heterocycles. The van der Waals surface area contributed by atoms with Crippen LogP contribution in [-0.4, -0.2) is 31.6 Å². The molecule has 0 N–H and O–H groups in total. The summed E-state index contributed by atoms with van der Waals surface area (Å²) < 4.78 is 17.7. The Morgan fingerprint density at radius 3 is 2.57 bits per heavy atom. The van der Waals surface area contributed by atoms with E-state index in [1.165, 1.54) is 23.5 Å². The molecule has 2 nitrogen and oxygen atoms in total. The minimum Gasteiger partial charge on any atom is -0.489 e. The third kappa shape index (κ3) is 4.52. The quantitative estimate of drug-likeness (QED) is 0.279. The normalized spacial score (nSPS) is 12.1. The zero-order chi connectivity index (χ0) is 16.7. The van der Waals surface area contributed by atoms with Gasteiger partial charge in [0.1, 0.15) is 4.91 Å². The Labute approximate surface area is 144 Å². The summed E-state index contributed by atoms with van der Waals surface area (Å²) in [6.45, 7) is -0.383. The summed E-state index contributed by atoms with van der Waals surface area (Å²) in [5.74, 6) is 0.476. The Bertz CT molecular complexity index is 707. The third-order valence-corrected chi connectivity index (χ3v) is 5.32. The van der Waals surface area contributed by atoms with Crippen molar-refractivity contribution in [2.24, 2.45) is 0 Å². The summed E-state index contributed by atoms with van der Waals surface area (Å²) in [5, 5.41) is 2.69. The Morgan fingerprint density at radius 1 is 1.17 bits per heavy atom. The van der Waals surface area contributed by atoms with Gasteiger partial charge in [-0.2, -0.15) is 0 Å². The SMILES string of the molecule is CO/C(SC)=C(\SCCCF)C(=O)c1ccc2ccccc2c1. The molecular weight excluding hydrogens is 331 g/mol. The molecule has 2 aromatic rings. The molecule has 0 aliphatic carbocycles. The number of ether oxygens (including phenoxy) is 1. The zero-order valence-corrected chi connectivity index (χ0v) is 14.8. The maximum absolute atomic E-state index is 12.9. The van der Waals surface area contributed by atoms with E-state index in [4.69, 9.17) is 4.74 Å². The molecule has 0 bridgehead atoms. The van der Waals surface area contributed by atoms with Gasteiger partial charge in [-0.1, -0.05) is 48.2 Å². The highest BCUT2D eigenvalue weighted by molar-refractivity contribution is 8.07. The summed E-state index contributed by atoms with van der Waals surface area (Å²) in [7, 11) is 1.55. The van der Waals surface area contributed by atoms with Gasteiger partial charge in [-0.05, 0) is 29.5 Å². The van der Waals surface area contributed by atoms with Crippen molar-refractivity contribution in [1.29, 1.82) is 0 Å². The van der Waals surface area contributed by atoms with Crippen molar-refractivity contribution in [2.45, 2.75) is 6.42 Å². The van der Waals surface area contributed by atoms with E-state index in [0.717, 1.165) is 10.8 Å². The summed E-state index contributed by atoms with van der Waals surface area (Å²) in [4.78, 5) is 13.4. The molecule has 0 spiro atoms. The molecule has 122 valence electrons. The fourth-order valence-electron chi connectivity index (χ4n) is 2.18. The highest BCUT2D eigenvalue weighted by Crippen LogP contribution is 2.31. The van der Waals surface area contributed by atoms with Gasteiger partial charge < -0.3 is 4.74 Å². The highest BCUT2D eigenvalue weighted by Gasteiger charge is 2.19. The Kier molecular flexibility index (Phi) is 6.99. The predicted molar refractivity (Wildman–Crippen MR) is 98.9 cm³/mol. The monoisotopic (exact) mass is 350 g/mol. The van der Waals surface area contributed by atoms with Crippen LogP contribution >= 0.6 is 23.5 Å². The average Bonchev–Trinajstić information content (AvgIpc) is 2.60. The lowest BCUT2D eigenvalue weighted by Gasteiger charge is -2.12. The van der Waals surface area contributed by atoms with Crippen molar-refractivity contribution in [3.63, 3.8) is 0 Å². The lowest BCUT2D eigenvalue weighted by Crippen LogP contribution is -2.05. The molecule has 0 aliphatic rings. The van der Waals surface area contributed by atoms with Crippen molar-refractivity contribution in [2.75, 3.05) is 25.8 Å². The van der Waals surface area contributed by atoms with Crippen LogP contribution in [0.5, 0.6) is 0 Å². The summed E-state index contributed by atoms with van der Waals surface area (Å²) >= 11 is 2.74. The number of ketones is 1. The lowest BCUT2D eigenvalue weighted by atomic mass is 10.0. The van der Waals surface area contributed by atoms with Gasteiger partial charge in [0, 0.05) is 11.3 Å². The van der Waals surface area contributed by atoms with Crippen LogP contribution in [-0.2, 0) is 4.74 Å². The van der Waals surface area contributed by atoms with Gasteiger partial charge in [-0.15, -0.1) is 11.8 Å². The van der Waals surface area contributed by atoms with Crippen LogP contribution in [0.25, 0.3) is 10.8 Å². The van der Waals surface area contributed by atoms with Crippen LogP contribution < -0.4 is 0 Å². The number of halogens is 1.